The molecule has 0 atom stereocenters. The third kappa shape index (κ3) is 3.10. The van der Waals surface area contributed by atoms with Gasteiger partial charge in [0.15, 0.2) is 0 Å². The molecule has 0 saturated heterocycles. The van der Waals surface area contributed by atoms with Gasteiger partial charge in [-0.05, 0) is 18.2 Å². The highest BCUT2D eigenvalue weighted by molar-refractivity contribution is 6.41. The van der Waals surface area contributed by atoms with Crippen molar-refractivity contribution in [1.82, 2.24) is 14.8 Å². The minimum absolute atomic E-state index is 0.162. The molecule has 22 heavy (non-hydrogen) atoms. The van der Waals surface area contributed by atoms with Crippen molar-refractivity contribution in [2.24, 2.45) is 0 Å². The van der Waals surface area contributed by atoms with E-state index in [4.69, 9.17) is 23.2 Å². The maximum Gasteiger partial charge on any atom is 0.257 e. The number of pyridine rings is 1. The second-order valence-electron chi connectivity index (χ2n) is 4.46. The molecule has 0 unspecified atom stereocenters. The van der Waals surface area contributed by atoms with Crippen LogP contribution in [0.1, 0.15) is 10.4 Å². The smallest absolute Gasteiger partial charge is 0.257 e. The van der Waals surface area contributed by atoms with Crippen molar-refractivity contribution in [1.29, 1.82) is 0 Å². The molecule has 2 heterocycles. The molecule has 0 saturated carbocycles. The fourth-order valence-corrected chi connectivity index (χ4v) is 2.13. The van der Waals surface area contributed by atoms with E-state index in [1.54, 1.807) is 17.1 Å². The summed E-state index contributed by atoms with van der Waals surface area (Å²) < 4.78 is 1.67. The Bertz CT molecular complexity index is 817. The average molecular weight is 333 g/mol. The van der Waals surface area contributed by atoms with E-state index in [1.165, 1.54) is 12.3 Å². The van der Waals surface area contributed by atoms with Gasteiger partial charge in [0.25, 0.3) is 5.91 Å². The Morgan fingerprint density at radius 3 is 2.64 bits per heavy atom. The lowest BCUT2D eigenvalue weighted by Gasteiger charge is -2.03. The van der Waals surface area contributed by atoms with Gasteiger partial charge < -0.3 is 5.32 Å². The minimum atomic E-state index is -0.335. The van der Waals surface area contributed by atoms with Gasteiger partial charge >= 0.3 is 0 Å². The molecule has 110 valence electrons. The number of benzene rings is 1. The Balaban J connectivity index is 1.77. The molecule has 1 aromatic carbocycles. The summed E-state index contributed by atoms with van der Waals surface area (Å²) in [5, 5.41) is 7.33. The SMILES string of the molecule is O=C(Nc1cnn(-c2ccccc2)c1)c1cnc(Cl)c(Cl)c1. The lowest BCUT2D eigenvalue weighted by Crippen LogP contribution is -2.11. The van der Waals surface area contributed by atoms with E-state index in [0.717, 1.165) is 5.69 Å². The van der Waals surface area contributed by atoms with Crippen molar-refractivity contribution >= 4 is 34.8 Å². The van der Waals surface area contributed by atoms with Crippen LogP contribution in [-0.2, 0) is 0 Å². The summed E-state index contributed by atoms with van der Waals surface area (Å²) in [4.78, 5) is 16.0. The molecule has 2 aromatic heterocycles. The summed E-state index contributed by atoms with van der Waals surface area (Å²) in [6.45, 7) is 0. The number of rotatable bonds is 3. The molecule has 0 aliphatic carbocycles. The van der Waals surface area contributed by atoms with Crippen molar-refractivity contribution in [2.75, 3.05) is 5.32 Å². The largest absolute Gasteiger partial charge is 0.319 e. The quantitative estimate of drug-likeness (QED) is 0.741. The maximum atomic E-state index is 12.1. The average Bonchev–Trinajstić information content (AvgIpc) is 2.99. The Labute approximate surface area is 136 Å². The van der Waals surface area contributed by atoms with Gasteiger partial charge in [0.05, 0.1) is 34.4 Å². The van der Waals surface area contributed by atoms with Crippen LogP contribution in [0.3, 0.4) is 0 Å². The van der Waals surface area contributed by atoms with E-state index in [9.17, 15) is 4.79 Å². The first-order valence-electron chi connectivity index (χ1n) is 6.36. The molecule has 7 heteroatoms. The van der Waals surface area contributed by atoms with Crippen LogP contribution >= 0.6 is 23.2 Å². The van der Waals surface area contributed by atoms with Crippen LogP contribution in [0, 0.1) is 0 Å². The van der Waals surface area contributed by atoms with E-state index < -0.39 is 0 Å². The molecule has 0 aliphatic heterocycles. The lowest BCUT2D eigenvalue weighted by atomic mass is 10.2. The Hall–Kier alpha value is -2.37. The summed E-state index contributed by atoms with van der Waals surface area (Å²) >= 11 is 11.6. The molecule has 0 bridgehead atoms. The standard InChI is InChI=1S/C15H10Cl2N4O/c16-13-6-10(7-18-14(13)17)15(22)20-11-8-19-21(9-11)12-4-2-1-3-5-12/h1-9H,(H,20,22). The number of nitrogens with one attached hydrogen (secondary N) is 1. The van der Waals surface area contributed by atoms with Gasteiger partial charge in [0.1, 0.15) is 5.15 Å². The second-order valence-corrected chi connectivity index (χ2v) is 5.23. The first-order chi connectivity index (χ1) is 10.6. The van der Waals surface area contributed by atoms with Gasteiger partial charge in [0.2, 0.25) is 0 Å². The Morgan fingerprint density at radius 1 is 1.14 bits per heavy atom. The molecular weight excluding hydrogens is 323 g/mol. The third-order valence-electron chi connectivity index (χ3n) is 2.92. The van der Waals surface area contributed by atoms with Crippen molar-refractivity contribution in [2.45, 2.75) is 0 Å². The number of para-hydroxylation sites is 1. The number of hydrogen-bond acceptors (Lipinski definition) is 3. The summed E-state index contributed by atoms with van der Waals surface area (Å²) in [7, 11) is 0. The number of anilines is 1. The summed E-state index contributed by atoms with van der Waals surface area (Å²) in [6.07, 6.45) is 4.65. The second kappa shape index (κ2) is 6.17. The van der Waals surface area contributed by atoms with E-state index in [2.05, 4.69) is 15.4 Å². The van der Waals surface area contributed by atoms with Crippen LogP contribution < -0.4 is 5.32 Å². The zero-order valence-electron chi connectivity index (χ0n) is 11.2. The van der Waals surface area contributed by atoms with E-state index in [-0.39, 0.29) is 16.1 Å². The number of nitrogens with zero attached hydrogens (tertiary/aromatic N) is 3. The van der Waals surface area contributed by atoms with Crippen LogP contribution in [-0.4, -0.2) is 20.7 Å². The van der Waals surface area contributed by atoms with E-state index in [0.29, 0.717) is 11.3 Å². The van der Waals surface area contributed by atoms with Crippen LogP contribution in [0.4, 0.5) is 5.69 Å². The van der Waals surface area contributed by atoms with E-state index >= 15 is 0 Å². The van der Waals surface area contributed by atoms with Gasteiger partial charge in [-0.1, -0.05) is 41.4 Å². The number of aromatic nitrogens is 3. The van der Waals surface area contributed by atoms with Gasteiger partial charge in [-0.25, -0.2) is 9.67 Å². The fraction of sp³-hybridized carbons (Fsp3) is 0. The normalized spacial score (nSPS) is 10.5. The van der Waals surface area contributed by atoms with Gasteiger partial charge in [-0.15, -0.1) is 0 Å². The molecule has 0 spiro atoms. The molecule has 0 radical (unpaired) electrons. The van der Waals surface area contributed by atoms with Crippen LogP contribution in [0.15, 0.2) is 55.0 Å². The Kier molecular flexibility index (Phi) is 4.09. The third-order valence-corrected chi connectivity index (χ3v) is 3.61. The first kappa shape index (κ1) is 14.6. The number of hydrogen-bond donors (Lipinski definition) is 1. The fourth-order valence-electron chi connectivity index (χ4n) is 1.86. The molecule has 5 nitrogen and oxygen atoms in total. The highest BCUT2D eigenvalue weighted by Gasteiger charge is 2.10. The van der Waals surface area contributed by atoms with E-state index in [1.807, 2.05) is 30.3 Å². The number of amides is 1. The molecule has 0 aliphatic rings. The predicted octanol–water partition coefficient (Wildman–Crippen LogP) is 3.83. The highest BCUT2D eigenvalue weighted by Crippen LogP contribution is 2.20. The van der Waals surface area contributed by atoms with Crippen molar-refractivity contribution in [3.8, 4) is 5.69 Å². The first-order valence-corrected chi connectivity index (χ1v) is 7.11. The summed E-state index contributed by atoms with van der Waals surface area (Å²) in [5.41, 5.74) is 1.79. The minimum Gasteiger partial charge on any atom is -0.319 e. The van der Waals surface area contributed by atoms with Crippen LogP contribution in [0.25, 0.3) is 5.69 Å². The molecule has 1 N–H and O–H groups in total. The predicted molar refractivity (Wildman–Crippen MR) is 85.8 cm³/mol. The molecule has 0 fully saturated rings. The highest BCUT2D eigenvalue weighted by atomic mass is 35.5. The van der Waals surface area contributed by atoms with Crippen molar-refractivity contribution in [3.63, 3.8) is 0 Å². The molecule has 3 aromatic rings. The molecule has 3 rings (SSSR count). The van der Waals surface area contributed by atoms with Gasteiger partial charge in [-0.2, -0.15) is 5.10 Å². The maximum absolute atomic E-state index is 12.1. The zero-order valence-corrected chi connectivity index (χ0v) is 12.7. The summed E-state index contributed by atoms with van der Waals surface area (Å²) in [6, 6.07) is 11.1. The van der Waals surface area contributed by atoms with Crippen LogP contribution in [0.2, 0.25) is 10.2 Å². The lowest BCUT2D eigenvalue weighted by molar-refractivity contribution is 0.102. The van der Waals surface area contributed by atoms with Gasteiger partial charge in [-0.3, -0.25) is 4.79 Å². The summed E-state index contributed by atoms with van der Waals surface area (Å²) in [5.74, 6) is -0.335. The monoisotopic (exact) mass is 332 g/mol. The number of halogens is 2. The zero-order chi connectivity index (χ0) is 15.5. The Morgan fingerprint density at radius 2 is 1.91 bits per heavy atom. The van der Waals surface area contributed by atoms with Crippen LogP contribution in [0.5, 0.6) is 0 Å². The number of carbonyl (C=O) groups is 1. The van der Waals surface area contributed by atoms with Crippen molar-refractivity contribution in [3.05, 3.63) is 70.7 Å². The molecule has 1 amide bonds. The van der Waals surface area contributed by atoms with Crippen molar-refractivity contribution < 1.29 is 4.79 Å². The topological polar surface area (TPSA) is 59.8 Å². The van der Waals surface area contributed by atoms with Gasteiger partial charge in [0, 0.05) is 6.20 Å². The molecular formula is C15H10Cl2N4O. The number of carbonyl (C=O) groups excluding carboxylic acids is 1.